The Morgan fingerprint density at radius 1 is 1.38 bits per heavy atom. The number of anilines is 2. The van der Waals surface area contributed by atoms with Gasteiger partial charge in [0, 0.05) is 39.3 Å². The summed E-state index contributed by atoms with van der Waals surface area (Å²) in [6.45, 7) is 8.43. The molecule has 7 heteroatoms. The molecule has 0 unspecified atom stereocenters. The number of rotatable bonds is 5. The van der Waals surface area contributed by atoms with Crippen molar-refractivity contribution in [2.24, 2.45) is 0 Å². The van der Waals surface area contributed by atoms with Gasteiger partial charge in [0.2, 0.25) is 5.95 Å². The molecule has 1 aliphatic rings. The van der Waals surface area contributed by atoms with E-state index < -0.39 is 5.82 Å². The van der Waals surface area contributed by atoms with E-state index in [4.69, 9.17) is 4.74 Å². The number of hydrogen-bond acceptors (Lipinski definition) is 6. The molecule has 1 aromatic heterocycles. The number of halogens is 1. The van der Waals surface area contributed by atoms with Crippen molar-refractivity contribution in [3.63, 3.8) is 0 Å². The Morgan fingerprint density at radius 3 is 2.67 bits per heavy atom. The predicted molar refractivity (Wildman–Crippen MR) is 81.3 cm³/mol. The molecule has 0 bridgehead atoms. The van der Waals surface area contributed by atoms with E-state index in [1.165, 1.54) is 6.20 Å². The fraction of sp³-hybridized carbons (Fsp3) is 0.714. The lowest BCUT2D eigenvalue weighted by atomic mass is 10.1. The Bertz CT molecular complexity index is 474. The molecule has 2 heterocycles. The van der Waals surface area contributed by atoms with Crippen LogP contribution >= 0.6 is 0 Å². The summed E-state index contributed by atoms with van der Waals surface area (Å²) in [5.74, 6) is 0.310. The van der Waals surface area contributed by atoms with Crippen LogP contribution in [0.25, 0.3) is 0 Å². The van der Waals surface area contributed by atoms with Crippen molar-refractivity contribution >= 4 is 11.8 Å². The van der Waals surface area contributed by atoms with Crippen molar-refractivity contribution in [3.05, 3.63) is 12.0 Å². The van der Waals surface area contributed by atoms with Gasteiger partial charge in [-0.05, 0) is 13.8 Å². The number of ether oxygens (including phenoxy) is 1. The van der Waals surface area contributed by atoms with Crippen molar-refractivity contribution < 1.29 is 9.13 Å². The zero-order valence-corrected chi connectivity index (χ0v) is 13.2. The third-order valence-corrected chi connectivity index (χ3v) is 3.32. The second kappa shape index (κ2) is 6.53. The normalized spacial score (nSPS) is 16.8. The molecule has 118 valence electrons. The minimum atomic E-state index is -0.420. The Kier molecular flexibility index (Phi) is 4.95. The largest absolute Gasteiger partial charge is 0.379 e. The number of aromatic nitrogens is 2. The zero-order valence-electron chi connectivity index (χ0n) is 13.2. The van der Waals surface area contributed by atoms with Gasteiger partial charge < -0.3 is 15.0 Å². The molecule has 1 aliphatic heterocycles. The van der Waals surface area contributed by atoms with Crippen LogP contribution in [0, 0.1) is 5.82 Å². The van der Waals surface area contributed by atoms with Crippen LogP contribution in [-0.2, 0) is 4.74 Å². The standard InChI is InChI=1S/C14H24FN5O/c1-14(2,10-20-5-7-21-8-6-20)18-13-16-9-11(15)12(17-13)19(3)4/h9H,5-8,10H2,1-4H3,(H,16,17,18). The monoisotopic (exact) mass is 297 g/mol. The highest BCUT2D eigenvalue weighted by molar-refractivity contribution is 5.43. The minimum absolute atomic E-state index is 0.210. The van der Waals surface area contributed by atoms with E-state index in [-0.39, 0.29) is 11.4 Å². The first-order valence-electron chi connectivity index (χ1n) is 7.15. The van der Waals surface area contributed by atoms with E-state index in [0.717, 1.165) is 32.8 Å². The maximum atomic E-state index is 13.6. The summed E-state index contributed by atoms with van der Waals surface area (Å²) in [6, 6.07) is 0. The maximum absolute atomic E-state index is 13.6. The molecule has 6 nitrogen and oxygen atoms in total. The van der Waals surface area contributed by atoms with Crippen LogP contribution in [0.15, 0.2) is 6.20 Å². The first-order chi connectivity index (χ1) is 9.87. The van der Waals surface area contributed by atoms with E-state index in [1.807, 2.05) is 0 Å². The van der Waals surface area contributed by atoms with Gasteiger partial charge in [-0.2, -0.15) is 4.98 Å². The first-order valence-corrected chi connectivity index (χ1v) is 7.15. The molecule has 1 saturated heterocycles. The smallest absolute Gasteiger partial charge is 0.225 e. The summed E-state index contributed by atoms with van der Waals surface area (Å²) in [5.41, 5.74) is -0.210. The highest BCUT2D eigenvalue weighted by atomic mass is 19.1. The Labute approximate surface area is 125 Å². The molecule has 2 rings (SSSR count). The van der Waals surface area contributed by atoms with Gasteiger partial charge in [0.05, 0.1) is 19.4 Å². The van der Waals surface area contributed by atoms with Gasteiger partial charge in [-0.25, -0.2) is 9.37 Å². The second-order valence-electron chi connectivity index (χ2n) is 6.16. The van der Waals surface area contributed by atoms with Crippen molar-refractivity contribution in [3.8, 4) is 0 Å². The Morgan fingerprint density at radius 2 is 2.05 bits per heavy atom. The molecule has 21 heavy (non-hydrogen) atoms. The van der Waals surface area contributed by atoms with Gasteiger partial charge in [-0.15, -0.1) is 0 Å². The lowest BCUT2D eigenvalue weighted by molar-refractivity contribution is 0.0316. The van der Waals surface area contributed by atoms with Gasteiger partial charge >= 0.3 is 0 Å². The van der Waals surface area contributed by atoms with Crippen LogP contribution in [0.2, 0.25) is 0 Å². The quantitative estimate of drug-likeness (QED) is 0.881. The zero-order chi connectivity index (χ0) is 15.5. The highest BCUT2D eigenvalue weighted by Crippen LogP contribution is 2.18. The van der Waals surface area contributed by atoms with Gasteiger partial charge in [0.25, 0.3) is 0 Å². The van der Waals surface area contributed by atoms with Crippen molar-refractivity contribution in [1.29, 1.82) is 0 Å². The molecule has 1 N–H and O–H groups in total. The number of nitrogens with zero attached hydrogens (tertiary/aromatic N) is 4. The Hall–Kier alpha value is -1.47. The molecule has 0 spiro atoms. The van der Waals surface area contributed by atoms with Crippen molar-refractivity contribution in [1.82, 2.24) is 14.9 Å². The van der Waals surface area contributed by atoms with Crippen LogP contribution in [0.4, 0.5) is 16.2 Å². The molecular formula is C14H24FN5O. The lowest BCUT2D eigenvalue weighted by Gasteiger charge is -2.35. The topological polar surface area (TPSA) is 53.5 Å². The van der Waals surface area contributed by atoms with Crippen LogP contribution in [0.5, 0.6) is 0 Å². The molecule has 0 amide bonds. The number of nitrogens with one attached hydrogen (secondary N) is 1. The third-order valence-electron chi connectivity index (χ3n) is 3.32. The summed E-state index contributed by atoms with van der Waals surface area (Å²) in [7, 11) is 3.52. The maximum Gasteiger partial charge on any atom is 0.225 e. The predicted octanol–water partition coefficient (Wildman–Crippen LogP) is 1.20. The molecule has 0 aromatic carbocycles. The molecule has 0 atom stereocenters. The summed E-state index contributed by atoms with van der Waals surface area (Å²) >= 11 is 0. The van der Waals surface area contributed by atoms with Crippen LogP contribution in [-0.4, -0.2) is 67.4 Å². The minimum Gasteiger partial charge on any atom is -0.379 e. The van der Waals surface area contributed by atoms with Crippen molar-refractivity contribution in [2.45, 2.75) is 19.4 Å². The Balaban J connectivity index is 2.03. The van der Waals surface area contributed by atoms with E-state index in [2.05, 4.69) is 34.0 Å². The molecule has 0 saturated carbocycles. The average Bonchev–Trinajstić information content (AvgIpc) is 2.41. The van der Waals surface area contributed by atoms with Gasteiger partial charge in [-0.3, -0.25) is 4.90 Å². The van der Waals surface area contributed by atoms with E-state index in [1.54, 1.807) is 19.0 Å². The van der Waals surface area contributed by atoms with E-state index in [9.17, 15) is 4.39 Å². The van der Waals surface area contributed by atoms with Crippen LogP contribution in [0.1, 0.15) is 13.8 Å². The summed E-state index contributed by atoms with van der Waals surface area (Å²) < 4.78 is 19.0. The average molecular weight is 297 g/mol. The third kappa shape index (κ3) is 4.50. The lowest BCUT2D eigenvalue weighted by Crippen LogP contribution is -2.48. The fourth-order valence-electron chi connectivity index (χ4n) is 2.39. The van der Waals surface area contributed by atoms with Crippen LogP contribution < -0.4 is 10.2 Å². The number of hydrogen-bond donors (Lipinski definition) is 1. The summed E-state index contributed by atoms with van der Waals surface area (Å²) in [5, 5.41) is 3.29. The molecule has 0 radical (unpaired) electrons. The first kappa shape index (κ1) is 15.9. The van der Waals surface area contributed by atoms with Gasteiger partial charge in [0.1, 0.15) is 0 Å². The summed E-state index contributed by atoms with van der Waals surface area (Å²) in [6.07, 6.45) is 1.20. The van der Waals surface area contributed by atoms with Crippen molar-refractivity contribution in [2.75, 3.05) is 57.2 Å². The summed E-state index contributed by atoms with van der Waals surface area (Å²) in [4.78, 5) is 12.2. The fourth-order valence-corrected chi connectivity index (χ4v) is 2.39. The van der Waals surface area contributed by atoms with Gasteiger partial charge in [-0.1, -0.05) is 0 Å². The SMILES string of the molecule is CN(C)c1nc(NC(C)(C)CN2CCOCC2)ncc1F. The van der Waals surface area contributed by atoms with E-state index in [0.29, 0.717) is 5.95 Å². The molecule has 0 aliphatic carbocycles. The molecule has 1 aromatic rings. The van der Waals surface area contributed by atoms with Gasteiger partial charge in [0.15, 0.2) is 11.6 Å². The van der Waals surface area contributed by atoms with Crippen LogP contribution in [0.3, 0.4) is 0 Å². The second-order valence-corrected chi connectivity index (χ2v) is 6.16. The molecular weight excluding hydrogens is 273 g/mol. The van der Waals surface area contributed by atoms with E-state index >= 15 is 0 Å². The number of morpholine rings is 1. The molecule has 1 fully saturated rings. The highest BCUT2D eigenvalue weighted by Gasteiger charge is 2.24.